The molecule has 1 saturated heterocycles. The molecule has 1 saturated carbocycles. The predicted octanol–water partition coefficient (Wildman–Crippen LogP) is 3.79. The number of aryl methyl sites for hydroxylation is 1. The lowest BCUT2D eigenvalue weighted by Gasteiger charge is -2.31. The number of fused-ring (bicyclic) bond motifs is 1. The molecule has 2 fully saturated rings. The van der Waals surface area contributed by atoms with E-state index in [0.717, 1.165) is 59.5 Å². The summed E-state index contributed by atoms with van der Waals surface area (Å²) in [5, 5.41) is 22.2. The molecule has 3 aromatic rings. The molecule has 4 N–H and O–H groups in total. The predicted molar refractivity (Wildman–Crippen MR) is 144 cm³/mol. The van der Waals surface area contributed by atoms with E-state index in [1.807, 2.05) is 25.1 Å². The van der Waals surface area contributed by atoms with Crippen molar-refractivity contribution in [3.8, 4) is 0 Å². The molecular weight excluding hydrogens is 492 g/mol. The zero-order valence-electron chi connectivity index (χ0n) is 21.1. The quantitative estimate of drug-likeness (QED) is 0.351. The Morgan fingerprint density at radius 3 is 2.54 bits per heavy atom. The molecule has 0 spiro atoms. The van der Waals surface area contributed by atoms with Gasteiger partial charge in [0, 0.05) is 41.0 Å². The number of nitrogens with zero attached hydrogens (tertiary/aromatic N) is 3. The van der Waals surface area contributed by atoms with Crippen LogP contribution in [0, 0.1) is 12.8 Å². The lowest BCUT2D eigenvalue weighted by atomic mass is 9.86. The first-order valence-electron chi connectivity index (χ1n) is 12.8. The summed E-state index contributed by atoms with van der Waals surface area (Å²) in [7, 11) is 0. The summed E-state index contributed by atoms with van der Waals surface area (Å²) in [5.74, 6) is 1.43. The summed E-state index contributed by atoms with van der Waals surface area (Å²) in [6, 6.07) is 8.41. The molecule has 2 aromatic heterocycles. The lowest BCUT2D eigenvalue weighted by molar-refractivity contribution is -0.143. The van der Waals surface area contributed by atoms with Gasteiger partial charge in [0.05, 0.1) is 24.8 Å². The summed E-state index contributed by atoms with van der Waals surface area (Å²) in [4.78, 5) is 25.8. The summed E-state index contributed by atoms with van der Waals surface area (Å²) in [6.07, 6.45) is 7.30. The SMILES string of the molecule is Cc1cc2nc(NC3CCC(CNc4ncc(C(C)(O)C(=O)NC5COC5)cn4)CC3)ccc2cc1Cl. The van der Waals surface area contributed by atoms with Crippen LogP contribution in [0.4, 0.5) is 11.8 Å². The fourth-order valence-corrected chi connectivity index (χ4v) is 4.90. The maximum Gasteiger partial charge on any atom is 0.256 e. The molecule has 0 bridgehead atoms. The van der Waals surface area contributed by atoms with Crippen LogP contribution >= 0.6 is 11.6 Å². The Labute approximate surface area is 221 Å². The highest BCUT2D eigenvalue weighted by Crippen LogP contribution is 2.28. The van der Waals surface area contributed by atoms with Crippen molar-refractivity contribution in [1.82, 2.24) is 20.3 Å². The van der Waals surface area contributed by atoms with Gasteiger partial charge in [-0.2, -0.15) is 0 Å². The zero-order valence-corrected chi connectivity index (χ0v) is 21.9. The van der Waals surface area contributed by atoms with Crippen molar-refractivity contribution in [3.63, 3.8) is 0 Å². The summed E-state index contributed by atoms with van der Waals surface area (Å²) >= 11 is 6.23. The number of hydrogen-bond acceptors (Lipinski definition) is 8. The van der Waals surface area contributed by atoms with E-state index in [-0.39, 0.29) is 6.04 Å². The molecule has 1 unspecified atom stereocenters. The largest absolute Gasteiger partial charge is 0.377 e. The second-order valence-corrected chi connectivity index (χ2v) is 10.7. The average molecular weight is 525 g/mol. The van der Waals surface area contributed by atoms with E-state index in [2.05, 4.69) is 32.0 Å². The van der Waals surface area contributed by atoms with Crippen LogP contribution in [0.3, 0.4) is 0 Å². The summed E-state index contributed by atoms with van der Waals surface area (Å²) < 4.78 is 5.06. The van der Waals surface area contributed by atoms with Gasteiger partial charge in [-0.25, -0.2) is 15.0 Å². The molecule has 9 nitrogen and oxygen atoms in total. The third kappa shape index (κ3) is 5.95. The highest BCUT2D eigenvalue weighted by atomic mass is 35.5. The van der Waals surface area contributed by atoms with E-state index in [0.29, 0.717) is 36.7 Å². The monoisotopic (exact) mass is 524 g/mol. The molecule has 1 aromatic carbocycles. The van der Waals surface area contributed by atoms with Gasteiger partial charge >= 0.3 is 0 Å². The topological polar surface area (TPSA) is 121 Å². The third-order valence-electron chi connectivity index (χ3n) is 7.35. The number of aliphatic hydroxyl groups is 1. The number of carbonyl (C=O) groups excluding carboxylic acids is 1. The van der Waals surface area contributed by atoms with E-state index in [1.54, 1.807) is 0 Å². The lowest BCUT2D eigenvalue weighted by Crippen LogP contribution is -2.54. The highest BCUT2D eigenvalue weighted by molar-refractivity contribution is 6.32. The van der Waals surface area contributed by atoms with Crippen LogP contribution in [0.2, 0.25) is 5.02 Å². The van der Waals surface area contributed by atoms with Gasteiger partial charge in [0.1, 0.15) is 5.82 Å². The first kappa shape index (κ1) is 25.6. The summed E-state index contributed by atoms with van der Waals surface area (Å²) in [6.45, 7) is 5.15. The normalized spacial score (nSPS) is 21.6. The number of pyridine rings is 1. The second-order valence-electron chi connectivity index (χ2n) is 10.3. The molecule has 1 aliphatic heterocycles. The Balaban J connectivity index is 1.08. The van der Waals surface area contributed by atoms with Crippen molar-refractivity contribution < 1.29 is 14.6 Å². The number of anilines is 2. The molecule has 2 aliphatic rings. The van der Waals surface area contributed by atoms with Gasteiger partial charge in [-0.15, -0.1) is 0 Å². The van der Waals surface area contributed by atoms with E-state index < -0.39 is 11.5 Å². The van der Waals surface area contributed by atoms with Crippen LogP contribution in [0.15, 0.2) is 36.7 Å². The van der Waals surface area contributed by atoms with Gasteiger partial charge in [0.15, 0.2) is 5.60 Å². The Bertz CT molecular complexity index is 1260. The molecule has 10 heteroatoms. The molecule has 37 heavy (non-hydrogen) atoms. The molecular formula is C27H33ClN6O3. The van der Waals surface area contributed by atoms with Gasteiger partial charge in [-0.1, -0.05) is 11.6 Å². The smallest absolute Gasteiger partial charge is 0.256 e. The van der Waals surface area contributed by atoms with Gasteiger partial charge < -0.3 is 25.8 Å². The number of ether oxygens (including phenoxy) is 1. The van der Waals surface area contributed by atoms with Gasteiger partial charge in [-0.05, 0) is 75.3 Å². The van der Waals surface area contributed by atoms with Crippen LogP contribution in [0.5, 0.6) is 0 Å². The first-order valence-corrected chi connectivity index (χ1v) is 13.2. The Morgan fingerprint density at radius 2 is 1.86 bits per heavy atom. The molecule has 3 heterocycles. The van der Waals surface area contributed by atoms with E-state index in [4.69, 9.17) is 21.3 Å². The van der Waals surface area contributed by atoms with Crippen LogP contribution in [0.25, 0.3) is 10.9 Å². The molecule has 5 rings (SSSR count). The van der Waals surface area contributed by atoms with Crippen molar-refractivity contribution in [2.24, 2.45) is 5.92 Å². The van der Waals surface area contributed by atoms with Crippen LogP contribution in [0.1, 0.15) is 43.7 Å². The van der Waals surface area contributed by atoms with E-state index in [9.17, 15) is 9.90 Å². The number of carbonyl (C=O) groups is 1. The van der Waals surface area contributed by atoms with Gasteiger partial charge in [0.2, 0.25) is 5.95 Å². The van der Waals surface area contributed by atoms with Gasteiger partial charge in [0.25, 0.3) is 5.91 Å². The number of nitrogens with one attached hydrogen (secondary N) is 3. The third-order valence-corrected chi connectivity index (χ3v) is 7.75. The molecule has 196 valence electrons. The van der Waals surface area contributed by atoms with Crippen molar-refractivity contribution >= 4 is 40.2 Å². The minimum Gasteiger partial charge on any atom is -0.377 e. The zero-order chi connectivity index (χ0) is 26.0. The Morgan fingerprint density at radius 1 is 1.14 bits per heavy atom. The van der Waals surface area contributed by atoms with E-state index >= 15 is 0 Å². The number of halogens is 1. The van der Waals surface area contributed by atoms with Crippen molar-refractivity contribution in [1.29, 1.82) is 0 Å². The average Bonchev–Trinajstić information content (AvgIpc) is 2.87. The fraction of sp³-hybridized carbons (Fsp3) is 0.481. The number of benzene rings is 1. The molecule has 1 atom stereocenters. The molecule has 1 amide bonds. The van der Waals surface area contributed by atoms with Crippen LogP contribution in [-0.4, -0.2) is 57.8 Å². The molecule has 0 radical (unpaired) electrons. The summed E-state index contributed by atoms with van der Waals surface area (Å²) in [5.41, 5.74) is 0.625. The Kier molecular flexibility index (Phi) is 7.46. The van der Waals surface area contributed by atoms with Gasteiger partial charge in [-0.3, -0.25) is 4.79 Å². The first-order chi connectivity index (χ1) is 17.8. The molecule has 1 aliphatic carbocycles. The highest BCUT2D eigenvalue weighted by Gasteiger charge is 2.36. The maximum atomic E-state index is 12.4. The van der Waals surface area contributed by atoms with Crippen molar-refractivity contribution in [3.05, 3.63) is 52.8 Å². The fourth-order valence-electron chi connectivity index (χ4n) is 4.73. The van der Waals surface area contributed by atoms with Crippen LogP contribution in [-0.2, 0) is 15.1 Å². The number of amides is 1. The number of aromatic nitrogens is 3. The van der Waals surface area contributed by atoms with Crippen molar-refractivity contribution in [2.45, 2.75) is 57.2 Å². The minimum atomic E-state index is -1.70. The Hall–Kier alpha value is -3.01. The number of rotatable bonds is 8. The maximum absolute atomic E-state index is 12.4. The standard InChI is InChI=1S/C27H33ClN6O3/c1-16-9-23-18(10-22(16)28)5-8-24(34-23)32-20-6-3-17(4-7-20)11-29-26-30-12-19(13-31-26)27(2,36)25(35)33-21-14-37-15-21/h5,8-10,12-13,17,20-21,36H,3-4,6-7,11,14-15H2,1-2H3,(H,32,34)(H,33,35)(H,29,30,31). The second kappa shape index (κ2) is 10.8. The van der Waals surface area contributed by atoms with E-state index in [1.165, 1.54) is 19.3 Å². The van der Waals surface area contributed by atoms with Crippen molar-refractivity contribution in [2.75, 3.05) is 30.4 Å². The minimum absolute atomic E-state index is 0.0566. The van der Waals surface area contributed by atoms with Crippen LogP contribution < -0.4 is 16.0 Å². The number of hydrogen-bond donors (Lipinski definition) is 4.